The molecule has 4 rings (SSSR count). The van der Waals surface area contributed by atoms with E-state index in [1.807, 2.05) is 38.2 Å². The summed E-state index contributed by atoms with van der Waals surface area (Å²) in [5.74, 6) is 0. The van der Waals surface area contributed by atoms with Gasteiger partial charge in [-0.25, -0.2) is 0 Å². The number of allylic oxidation sites excluding steroid dienone is 8. The lowest BCUT2D eigenvalue weighted by Crippen LogP contribution is -2.27. The monoisotopic (exact) mass is 350 g/mol. The highest BCUT2D eigenvalue weighted by molar-refractivity contribution is 5.90. The molecule has 0 nitrogen and oxygen atoms in total. The molecule has 0 aliphatic heterocycles. The zero-order chi connectivity index (χ0) is 19.6. The molecule has 134 valence electrons. The lowest BCUT2D eigenvalue weighted by Gasteiger charge is -2.32. The minimum atomic E-state index is -0.385. The van der Waals surface area contributed by atoms with Crippen molar-refractivity contribution in [1.82, 2.24) is 0 Å². The minimum Gasteiger partial charge on any atom is -0.0987 e. The standard InChI is InChI=1S/C25H20.C2H6/c1-5-17-18(6-2)22(8-4)25(21(17)7-3)23-15-11-9-13-19(23)20-14-10-12-16-24(20)25;1-2/h5-16H,1-4H2;1-2H3. The first kappa shape index (κ1) is 18.7. The van der Waals surface area contributed by atoms with Crippen LogP contribution in [0.4, 0.5) is 0 Å². The summed E-state index contributed by atoms with van der Waals surface area (Å²) in [5, 5.41) is 0. The molecule has 0 atom stereocenters. The van der Waals surface area contributed by atoms with E-state index < -0.39 is 0 Å². The Hall–Kier alpha value is -3.12. The van der Waals surface area contributed by atoms with Crippen molar-refractivity contribution >= 4 is 0 Å². The minimum absolute atomic E-state index is 0.385. The molecule has 2 aliphatic rings. The molecule has 0 fully saturated rings. The van der Waals surface area contributed by atoms with Crippen LogP contribution in [0.5, 0.6) is 0 Å². The van der Waals surface area contributed by atoms with Crippen molar-refractivity contribution in [1.29, 1.82) is 0 Å². The van der Waals surface area contributed by atoms with E-state index in [-0.39, 0.29) is 5.41 Å². The van der Waals surface area contributed by atoms with E-state index in [2.05, 4.69) is 74.8 Å². The van der Waals surface area contributed by atoms with Gasteiger partial charge in [0.1, 0.15) is 0 Å². The summed E-state index contributed by atoms with van der Waals surface area (Å²) < 4.78 is 0. The van der Waals surface area contributed by atoms with E-state index >= 15 is 0 Å². The van der Waals surface area contributed by atoms with Gasteiger partial charge in [-0.05, 0) is 44.5 Å². The summed E-state index contributed by atoms with van der Waals surface area (Å²) in [7, 11) is 0. The number of benzene rings is 2. The first-order valence-electron chi connectivity index (χ1n) is 9.44. The van der Waals surface area contributed by atoms with Gasteiger partial charge >= 0.3 is 0 Å². The Morgan fingerprint density at radius 1 is 0.593 bits per heavy atom. The van der Waals surface area contributed by atoms with Crippen molar-refractivity contribution in [3.05, 3.63) is 133 Å². The highest BCUT2D eigenvalue weighted by atomic mass is 14.5. The molecule has 2 aliphatic carbocycles. The van der Waals surface area contributed by atoms with Gasteiger partial charge in [0, 0.05) is 0 Å². The Kier molecular flexibility index (Phi) is 5.01. The molecule has 0 amide bonds. The van der Waals surface area contributed by atoms with Crippen LogP contribution in [0.1, 0.15) is 25.0 Å². The van der Waals surface area contributed by atoms with Crippen LogP contribution in [0.3, 0.4) is 0 Å². The second-order valence-electron chi connectivity index (χ2n) is 6.31. The molecule has 0 saturated carbocycles. The van der Waals surface area contributed by atoms with Crippen molar-refractivity contribution in [2.24, 2.45) is 0 Å². The first-order chi connectivity index (χ1) is 13.2. The molecule has 0 saturated heterocycles. The summed E-state index contributed by atoms with van der Waals surface area (Å²) in [6.45, 7) is 20.4. The molecule has 2 aromatic carbocycles. The molecule has 0 aromatic heterocycles. The molecule has 0 N–H and O–H groups in total. The van der Waals surface area contributed by atoms with Crippen LogP contribution in [0.15, 0.2) is 121 Å². The zero-order valence-corrected chi connectivity index (χ0v) is 16.3. The average Bonchev–Trinajstić information content (AvgIpc) is 3.20. The van der Waals surface area contributed by atoms with Gasteiger partial charge in [0.2, 0.25) is 0 Å². The quantitative estimate of drug-likeness (QED) is 0.541. The van der Waals surface area contributed by atoms with Gasteiger partial charge in [0.15, 0.2) is 0 Å². The maximum absolute atomic E-state index is 4.14. The van der Waals surface area contributed by atoms with Crippen LogP contribution >= 0.6 is 0 Å². The molecular weight excluding hydrogens is 324 g/mol. The second kappa shape index (κ2) is 7.25. The fourth-order valence-electron chi connectivity index (χ4n) is 4.62. The van der Waals surface area contributed by atoms with Crippen molar-refractivity contribution < 1.29 is 0 Å². The van der Waals surface area contributed by atoms with Crippen molar-refractivity contribution in [3.63, 3.8) is 0 Å². The van der Waals surface area contributed by atoms with Gasteiger partial charge in [0.05, 0.1) is 5.41 Å². The van der Waals surface area contributed by atoms with Gasteiger partial charge < -0.3 is 0 Å². The van der Waals surface area contributed by atoms with Crippen molar-refractivity contribution in [3.8, 4) is 11.1 Å². The van der Waals surface area contributed by atoms with Gasteiger partial charge in [-0.1, -0.05) is 113 Å². The number of fused-ring (bicyclic) bond motifs is 5. The molecular formula is C27H26. The predicted molar refractivity (Wildman–Crippen MR) is 119 cm³/mol. The third-order valence-corrected chi connectivity index (χ3v) is 5.45. The summed E-state index contributed by atoms with van der Waals surface area (Å²) in [6, 6.07) is 17.2. The van der Waals surface area contributed by atoms with Crippen LogP contribution in [0.2, 0.25) is 0 Å². The topological polar surface area (TPSA) is 0 Å². The smallest absolute Gasteiger partial charge is 0.0725 e. The summed E-state index contributed by atoms with van der Waals surface area (Å²) in [4.78, 5) is 0. The van der Waals surface area contributed by atoms with Crippen LogP contribution in [-0.4, -0.2) is 0 Å². The zero-order valence-electron chi connectivity index (χ0n) is 16.3. The third kappa shape index (κ3) is 2.23. The summed E-state index contributed by atoms with van der Waals surface area (Å²) >= 11 is 0. The number of hydrogen-bond donors (Lipinski definition) is 0. The molecule has 0 heterocycles. The SMILES string of the molecule is C=CC1=C(C=C)C2(C(C=C)=C1C=C)c1ccccc1-c1ccccc12.CC. The molecule has 1 spiro atoms. The number of hydrogen-bond acceptors (Lipinski definition) is 0. The van der Waals surface area contributed by atoms with Crippen LogP contribution in [0, 0.1) is 0 Å². The predicted octanol–water partition coefficient (Wildman–Crippen LogP) is 7.33. The molecule has 0 radical (unpaired) electrons. The Labute approximate surface area is 163 Å². The van der Waals surface area contributed by atoms with Gasteiger partial charge in [-0.2, -0.15) is 0 Å². The molecule has 27 heavy (non-hydrogen) atoms. The van der Waals surface area contributed by atoms with Gasteiger partial charge in [-0.15, -0.1) is 0 Å². The summed E-state index contributed by atoms with van der Waals surface area (Å²) in [5.41, 5.74) is 9.20. The van der Waals surface area contributed by atoms with Crippen LogP contribution in [-0.2, 0) is 5.41 Å². The normalized spacial score (nSPS) is 15.6. The van der Waals surface area contributed by atoms with Crippen LogP contribution < -0.4 is 0 Å². The number of rotatable bonds is 4. The average molecular weight is 351 g/mol. The van der Waals surface area contributed by atoms with E-state index in [4.69, 9.17) is 0 Å². The van der Waals surface area contributed by atoms with E-state index in [0.29, 0.717) is 0 Å². The largest absolute Gasteiger partial charge is 0.0987 e. The highest BCUT2D eigenvalue weighted by Crippen LogP contribution is 2.61. The Bertz CT molecular complexity index is 924. The maximum Gasteiger partial charge on any atom is 0.0725 e. The summed E-state index contributed by atoms with van der Waals surface area (Å²) in [6.07, 6.45) is 7.76. The lowest BCUT2D eigenvalue weighted by molar-refractivity contribution is 0.780. The Balaban J connectivity index is 0.00000102. The van der Waals surface area contributed by atoms with E-state index in [0.717, 1.165) is 22.3 Å². The van der Waals surface area contributed by atoms with E-state index in [1.54, 1.807) is 0 Å². The fraction of sp³-hybridized carbons (Fsp3) is 0.111. The highest BCUT2D eigenvalue weighted by Gasteiger charge is 2.51. The third-order valence-electron chi connectivity index (χ3n) is 5.45. The molecule has 2 aromatic rings. The van der Waals surface area contributed by atoms with E-state index in [9.17, 15) is 0 Å². The van der Waals surface area contributed by atoms with Crippen molar-refractivity contribution in [2.45, 2.75) is 19.3 Å². The lowest BCUT2D eigenvalue weighted by atomic mass is 9.68. The fourth-order valence-corrected chi connectivity index (χ4v) is 4.62. The van der Waals surface area contributed by atoms with E-state index in [1.165, 1.54) is 22.3 Å². The Morgan fingerprint density at radius 3 is 1.30 bits per heavy atom. The first-order valence-corrected chi connectivity index (χ1v) is 9.44. The molecule has 0 heteroatoms. The molecule has 0 bridgehead atoms. The van der Waals surface area contributed by atoms with Crippen molar-refractivity contribution in [2.75, 3.05) is 0 Å². The second-order valence-corrected chi connectivity index (χ2v) is 6.31. The van der Waals surface area contributed by atoms with Gasteiger partial charge in [-0.3, -0.25) is 0 Å². The van der Waals surface area contributed by atoms with Crippen LogP contribution in [0.25, 0.3) is 11.1 Å². The maximum atomic E-state index is 4.14. The van der Waals surface area contributed by atoms with Gasteiger partial charge in [0.25, 0.3) is 0 Å². The molecule has 0 unspecified atom stereocenters. The Morgan fingerprint density at radius 2 is 0.963 bits per heavy atom.